The van der Waals surface area contributed by atoms with Crippen molar-refractivity contribution in [1.29, 1.82) is 0 Å². The Morgan fingerprint density at radius 1 is 1.53 bits per heavy atom. The topological polar surface area (TPSA) is 60.4 Å². The lowest BCUT2D eigenvalue weighted by Crippen LogP contribution is -2.44. The van der Waals surface area contributed by atoms with Gasteiger partial charge in [-0.3, -0.25) is 14.4 Å². The van der Waals surface area contributed by atoms with Crippen molar-refractivity contribution in [3.8, 4) is 0 Å². The Morgan fingerprint density at radius 3 is 2.73 bits per heavy atom. The molecular weight excluding hydrogens is 196 g/mol. The molecule has 0 aromatic carbocycles. The molecule has 0 bridgehead atoms. The molecule has 1 aliphatic carbocycles. The summed E-state index contributed by atoms with van der Waals surface area (Å²) in [6.45, 7) is 3.50. The number of Topliss-reactive ketones (excluding diaryl/α,β-unsaturated/α-hetero) is 2. The van der Waals surface area contributed by atoms with Gasteiger partial charge >= 0.3 is 5.97 Å². The molecule has 0 aromatic heterocycles. The van der Waals surface area contributed by atoms with Gasteiger partial charge in [0, 0.05) is 19.3 Å². The molecule has 0 amide bonds. The molecule has 1 atom stereocenters. The number of ether oxygens (including phenoxy) is 1. The van der Waals surface area contributed by atoms with E-state index in [2.05, 4.69) is 11.3 Å². The highest BCUT2D eigenvalue weighted by Gasteiger charge is 2.49. The summed E-state index contributed by atoms with van der Waals surface area (Å²) in [6, 6.07) is 0. The summed E-state index contributed by atoms with van der Waals surface area (Å²) in [5, 5.41) is 0. The third-order valence-corrected chi connectivity index (χ3v) is 2.73. The van der Waals surface area contributed by atoms with Crippen molar-refractivity contribution in [3.63, 3.8) is 0 Å². The van der Waals surface area contributed by atoms with Gasteiger partial charge in [-0.15, -0.1) is 6.58 Å². The van der Waals surface area contributed by atoms with E-state index in [0.29, 0.717) is 0 Å². The zero-order valence-electron chi connectivity index (χ0n) is 8.75. The maximum atomic E-state index is 11.8. The first-order valence-electron chi connectivity index (χ1n) is 4.81. The smallest absolute Gasteiger partial charge is 0.320 e. The van der Waals surface area contributed by atoms with Crippen LogP contribution in [-0.2, 0) is 19.1 Å². The average Bonchev–Trinajstić information content (AvgIpc) is 2.22. The summed E-state index contributed by atoms with van der Waals surface area (Å²) in [5.41, 5.74) is -1.30. The quantitative estimate of drug-likeness (QED) is 0.397. The molecule has 0 heterocycles. The predicted molar refractivity (Wildman–Crippen MR) is 53.1 cm³/mol. The maximum absolute atomic E-state index is 11.8. The van der Waals surface area contributed by atoms with Gasteiger partial charge in [-0.1, -0.05) is 6.08 Å². The third kappa shape index (κ3) is 1.98. The highest BCUT2D eigenvalue weighted by Crippen LogP contribution is 2.36. The first kappa shape index (κ1) is 11.6. The van der Waals surface area contributed by atoms with Gasteiger partial charge in [0.15, 0.2) is 5.78 Å². The number of rotatable bonds is 3. The number of methoxy groups -OCH3 is 1. The fourth-order valence-corrected chi connectivity index (χ4v) is 1.91. The van der Waals surface area contributed by atoms with Crippen LogP contribution < -0.4 is 0 Å². The lowest BCUT2D eigenvalue weighted by atomic mass is 9.70. The number of hydrogen-bond acceptors (Lipinski definition) is 4. The number of hydrogen-bond donors (Lipinski definition) is 0. The summed E-state index contributed by atoms with van der Waals surface area (Å²) in [6.07, 6.45) is 1.96. The van der Waals surface area contributed by atoms with Gasteiger partial charge in [-0.05, 0) is 6.42 Å². The minimum Gasteiger partial charge on any atom is -0.468 e. The van der Waals surface area contributed by atoms with Crippen LogP contribution in [0.25, 0.3) is 0 Å². The van der Waals surface area contributed by atoms with E-state index in [4.69, 9.17) is 0 Å². The SMILES string of the molecule is C=CCC1(C(=O)OC)CC(=O)CCC1=O. The normalized spacial score (nSPS) is 26.2. The maximum Gasteiger partial charge on any atom is 0.320 e. The molecule has 0 radical (unpaired) electrons. The fraction of sp³-hybridized carbons (Fsp3) is 0.545. The minimum absolute atomic E-state index is 0.0511. The van der Waals surface area contributed by atoms with E-state index in [-0.39, 0.29) is 37.2 Å². The molecule has 0 aliphatic heterocycles. The lowest BCUT2D eigenvalue weighted by Gasteiger charge is -2.30. The third-order valence-electron chi connectivity index (χ3n) is 2.73. The second kappa shape index (κ2) is 4.38. The summed E-state index contributed by atoms with van der Waals surface area (Å²) < 4.78 is 4.60. The first-order valence-corrected chi connectivity index (χ1v) is 4.81. The van der Waals surface area contributed by atoms with Crippen molar-refractivity contribution in [2.24, 2.45) is 5.41 Å². The second-order valence-electron chi connectivity index (χ2n) is 3.71. The Kier molecular flexibility index (Phi) is 3.39. The van der Waals surface area contributed by atoms with Crippen LogP contribution in [0.5, 0.6) is 0 Å². The molecule has 4 heteroatoms. The van der Waals surface area contributed by atoms with E-state index in [1.54, 1.807) is 0 Å². The molecule has 4 nitrogen and oxygen atoms in total. The zero-order valence-corrected chi connectivity index (χ0v) is 8.75. The van der Waals surface area contributed by atoms with Gasteiger partial charge in [-0.2, -0.15) is 0 Å². The first-order chi connectivity index (χ1) is 7.06. The van der Waals surface area contributed by atoms with Crippen molar-refractivity contribution in [3.05, 3.63) is 12.7 Å². The Bertz CT molecular complexity index is 309. The van der Waals surface area contributed by atoms with Crippen molar-refractivity contribution >= 4 is 17.5 Å². The second-order valence-corrected chi connectivity index (χ2v) is 3.71. The van der Waals surface area contributed by atoms with Crippen LogP contribution in [0.1, 0.15) is 25.7 Å². The molecule has 1 saturated carbocycles. The number of allylic oxidation sites excluding steroid dienone is 1. The Labute approximate surface area is 88.3 Å². The van der Waals surface area contributed by atoms with Crippen molar-refractivity contribution in [2.45, 2.75) is 25.7 Å². The monoisotopic (exact) mass is 210 g/mol. The molecular formula is C11H14O4. The van der Waals surface area contributed by atoms with E-state index in [1.165, 1.54) is 13.2 Å². The van der Waals surface area contributed by atoms with Crippen LogP contribution in [-0.4, -0.2) is 24.6 Å². The van der Waals surface area contributed by atoms with Gasteiger partial charge in [0.1, 0.15) is 11.2 Å². The van der Waals surface area contributed by atoms with Crippen LogP contribution in [0.4, 0.5) is 0 Å². The predicted octanol–water partition coefficient (Wildman–Crippen LogP) is 1.04. The van der Waals surface area contributed by atoms with Gasteiger partial charge in [0.25, 0.3) is 0 Å². The highest BCUT2D eigenvalue weighted by atomic mass is 16.5. The largest absolute Gasteiger partial charge is 0.468 e. The van der Waals surface area contributed by atoms with E-state index in [9.17, 15) is 14.4 Å². The molecule has 0 spiro atoms. The van der Waals surface area contributed by atoms with Gasteiger partial charge in [0.05, 0.1) is 7.11 Å². The van der Waals surface area contributed by atoms with Crippen molar-refractivity contribution in [1.82, 2.24) is 0 Å². The van der Waals surface area contributed by atoms with E-state index < -0.39 is 11.4 Å². The Hall–Kier alpha value is -1.45. The summed E-state index contributed by atoms with van der Waals surface area (Å²) in [7, 11) is 1.22. The summed E-state index contributed by atoms with van der Waals surface area (Å²) in [5.74, 6) is -0.906. The number of carbonyl (C=O) groups is 3. The van der Waals surface area contributed by atoms with E-state index >= 15 is 0 Å². The number of esters is 1. The molecule has 1 fully saturated rings. The Morgan fingerprint density at radius 2 is 2.20 bits per heavy atom. The van der Waals surface area contributed by atoms with Crippen LogP contribution in [0.2, 0.25) is 0 Å². The molecule has 0 aromatic rings. The summed E-state index contributed by atoms with van der Waals surface area (Å²) >= 11 is 0. The molecule has 0 N–H and O–H groups in total. The number of carbonyl (C=O) groups excluding carboxylic acids is 3. The van der Waals surface area contributed by atoms with Crippen LogP contribution in [0.3, 0.4) is 0 Å². The fourth-order valence-electron chi connectivity index (χ4n) is 1.91. The van der Waals surface area contributed by atoms with Crippen LogP contribution in [0, 0.1) is 5.41 Å². The number of ketones is 2. The molecule has 15 heavy (non-hydrogen) atoms. The van der Waals surface area contributed by atoms with Gasteiger partial charge < -0.3 is 4.74 Å². The molecule has 82 valence electrons. The summed E-state index contributed by atoms with van der Waals surface area (Å²) in [4.78, 5) is 34.7. The van der Waals surface area contributed by atoms with Gasteiger partial charge in [0.2, 0.25) is 0 Å². The highest BCUT2D eigenvalue weighted by molar-refractivity contribution is 6.10. The zero-order chi connectivity index (χ0) is 11.5. The van der Waals surface area contributed by atoms with Gasteiger partial charge in [-0.25, -0.2) is 0 Å². The lowest BCUT2D eigenvalue weighted by molar-refractivity contribution is -0.162. The molecule has 1 unspecified atom stereocenters. The van der Waals surface area contributed by atoms with Crippen molar-refractivity contribution < 1.29 is 19.1 Å². The van der Waals surface area contributed by atoms with Crippen molar-refractivity contribution in [2.75, 3.05) is 7.11 Å². The molecule has 1 rings (SSSR count). The van der Waals surface area contributed by atoms with E-state index in [1.807, 2.05) is 0 Å². The van der Waals surface area contributed by atoms with E-state index in [0.717, 1.165) is 0 Å². The van der Waals surface area contributed by atoms with Crippen LogP contribution in [0.15, 0.2) is 12.7 Å². The minimum atomic E-state index is -1.30. The molecule has 0 saturated heterocycles. The Balaban J connectivity index is 3.05. The standard InChI is InChI=1S/C11H14O4/c1-3-6-11(10(14)15-2)7-8(12)4-5-9(11)13/h3H,1,4-7H2,2H3. The average molecular weight is 210 g/mol. The van der Waals surface area contributed by atoms with Crippen LogP contribution >= 0.6 is 0 Å². The molecule has 1 aliphatic rings.